The second kappa shape index (κ2) is 7.44. The van der Waals surface area contributed by atoms with Crippen LogP contribution in [0.25, 0.3) is 0 Å². The molecule has 1 aromatic rings. The Morgan fingerprint density at radius 2 is 2.25 bits per heavy atom. The van der Waals surface area contributed by atoms with Crippen molar-refractivity contribution >= 4 is 0 Å². The zero-order valence-electron chi connectivity index (χ0n) is 10.9. The fraction of sp³-hybridized carbons (Fsp3) is 0.769. The third-order valence-electron chi connectivity index (χ3n) is 3.06. The fourth-order valence-corrected chi connectivity index (χ4v) is 1.99. The molecule has 92 valence electrons. The van der Waals surface area contributed by atoms with Crippen LogP contribution in [0.2, 0.25) is 0 Å². The molecule has 3 nitrogen and oxygen atoms in total. The van der Waals surface area contributed by atoms with Gasteiger partial charge in [0.1, 0.15) is 0 Å². The van der Waals surface area contributed by atoms with Crippen molar-refractivity contribution in [2.45, 2.75) is 52.6 Å². The summed E-state index contributed by atoms with van der Waals surface area (Å²) in [6.07, 6.45) is 9.36. The third-order valence-corrected chi connectivity index (χ3v) is 3.06. The van der Waals surface area contributed by atoms with E-state index in [0.717, 1.165) is 24.7 Å². The lowest BCUT2D eigenvalue weighted by molar-refractivity contribution is 0.390. The highest BCUT2D eigenvalue weighted by Crippen LogP contribution is 2.15. The molecule has 1 rings (SSSR count). The minimum atomic E-state index is 0.802. The van der Waals surface area contributed by atoms with Gasteiger partial charge in [0.15, 0.2) is 0 Å². The minimum absolute atomic E-state index is 0.802. The van der Waals surface area contributed by atoms with Gasteiger partial charge in [-0.2, -0.15) is 0 Å². The average molecular weight is 223 g/mol. The van der Waals surface area contributed by atoms with E-state index in [1.165, 1.54) is 25.7 Å². The minimum Gasteiger partial charge on any atom is -0.337 e. The first-order chi connectivity index (χ1) is 7.80. The highest BCUT2D eigenvalue weighted by molar-refractivity contribution is 4.96. The standard InChI is InChI=1S/C13H25N3/c1-4-6-7-12(5-2)9-16-10-13(8-14-3)15-11-16/h10-12,14H,4-9H2,1-3H3. The van der Waals surface area contributed by atoms with Crippen molar-refractivity contribution in [1.82, 2.24) is 14.9 Å². The lowest BCUT2D eigenvalue weighted by Gasteiger charge is -2.14. The highest BCUT2D eigenvalue weighted by Gasteiger charge is 2.07. The largest absolute Gasteiger partial charge is 0.337 e. The molecule has 1 aromatic heterocycles. The lowest BCUT2D eigenvalue weighted by atomic mass is 9.99. The average Bonchev–Trinajstić information content (AvgIpc) is 2.72. The molecule has 0 aromatic carbocycles. The van der Waals surface area contributed by atoms with Crippen molar-refractivity contribution in [2.75, 3.05) is 7.05 Å². The molecule has 1 heterocycles. The second-order valence-corrected chi connectivity index (χ2v) is 4.51. The first kappa shape index (κ1) is 13.2. The second-order valence-electron chi connectivity index (χ2n) is 4.51. The van der Waals surface area contributed by atoms with Gasteiger partial charge in [-0.05, 0) is 19.4 Å². The van der Waals surface area contributed by atoms with E-state index < -0.39 is 0 Å². The van der Waals surface area contributed by atoms with Gasteiger partial charge in [0.2, 0.25) is 0 Å². The van der Waals surface area contributed by atoms with Crippen LogP contribution in [0, 0.1) is 5.92 Å². The Kier molecular flexibility index (Phi) is 6.16. The Bertz CT molecular complexity index is 280. The summed E-state index contributed by atoms with van der Waals surface area (Å²) >= 11 is 0. The van der Waals surface area contributed by atoms with Gasteiger partial charge in [0.05, 0.1) is 12.0 Å². The first-order valence-electron chi connectivity index (χ1n) is 6.45. The molecule has 0 fully saturated rings. The van der Waals surface area contributed by atoms with Gasteiger partial charge in [-0.1, -0.05) is 33.1 Å². The maximum Gasteiger partial charge on any atom is 0.0950 e. The molecule has 1 N–H and O–H groups in total. The maximum atomic E-state index is 4.37. The van der Waals surface area contributed by atoms with E-state index in [0.29, 0.717) is 0 Å². The number of unbranched alkanes of at least 4 members (excludes halogenated alkanes) is 1. The van der Waals surface area contributed by atoms with Crippen molar-refractivity contribution in [3.63, 3.8) is 0 Å². The van der Waals surface area contributed by atoms with E-state index in [1.54, 1.807) is 0 Å². The zero-order chi connectivity index (χ0) is 11.8. The Balaban J connectivity index is 2.43. The van der Waals surface area contributed by atoms with Crippen LogP contribution in [0.15, 0.2) is 12.5 Å². The van der Waals surface area contributed by atoms with Gasteiger partial charge in [-0.3, -0.25) is 0 Å². The molecule has 0 saturated heterocycles. The molecule has 0 spiro atoms. The Morgan fingerprint density at radius 3 is 2.88 bits per heavy atom. The van der Waals surface area contributed by atoms with Crippen LogP contribution in [0.1, 0.15) is 45.2 Å². The van der Waals surface area contributed by atoms with Gasteiger partial charge in [-0.25, -0.2) is 4.98 Å². The normalized spacial score (nSPS) is 12.9. The summed E-state index contributed by atoms with van der Waals surface area (Å²) in [5.41, 5.74) is 1.13. The number of hydrogen-bond donors (Lipinski definition) is 1. The van der Waals surface area contributed by atoms with Crippen molar-refractivity contribution < 1.29 is 0 Å². The van der Waals surface area contributed by atoms with E-state index in [2.05, 4.69) is 34.9 Å². The summed E-state index contributed by atoms with van der Waals surface area (Å²) in [5, 5.41) is 3.12. The van der Waals surface area contributed by atoms with Gasteiger partial charge < -0.3 is 9.88 Å². The summed E-state index contributed by atoms with van der Waals surface area (Å²) < 4.78 is 2.23. The molecule has 0 aliphatic carbocycles. The van der Waals surface area contributed by atoms with Crippen LogP contribution in [0.3, 0.4) is 0 Å². The molecule has 16 heavy (non-hydrogen) atoms. The zero-order valence-corrected chi connectivity index (χ0v) is 10.9. The molecular weight excluding hydrogens is 198 g/mol. The number of nitrogens with one attached hydrogen (secondary N) is 1. The molecule has 0 amide bonds. The highest BCUT2D eigenvalue weighted by atomic mass is 15.0. The summed E-state index contributed by atoms with van der Waals surface area (Å²) in [4.78, 5) is 4.37. The van der Waals surface area contributed by atoms with Gasteiger partial charge in [0.25, 0.3) is 0 Å². The van der Waals surface area contributed by atoms with Crippen molar-refractivity contribution in [1.29, 1.82) is 0 Å². The van der Waals surface area contributed by atoms with Crippen molar-refractivity contribution in [2.24, 2.45) is 5.92 Å². The topological polar surface area (TPSA) is 29.9 Å². The van der Waals surface area contributed by atoms with Crippen molar-refractivity contribution in [3.8, 4) is 0 Å². The van der Waals surface area contributed by atoms with Gasteiger partial charge in [-0.15, -0.1) is 0 Å². The van der Waals surface area contributed by atoms with Crippen LogP contribution < -0.4 is 5.32 Å². The summed E-state index contributed by atoms with van der Waals surface area (Å²) in [6, 6.07) is 0. The van der Waals surface area contributed by atoms with Crippen molar-refractivity contribution in [3.05, 3.63) is 18.2 Å². The Morgan fingerprint density at radius 1 is 1.44 bits per heavy atom. The van der Waals surface area contributed by atoms with Gasteiger partial charge >= 0.3 is 0 Å². The number of aromatic nitrogens is 2. The predicted octanol–water partition coefficient (Wildman–Crippen LogP) is 2.82. The molecule has 1 atom stereocenters. The monoisotopic (exact) mass is 223 g/mol. The molecule has 1 unspecified atom stereocenters. The van der Waals surface area contributed by atoms with Gasteiger partial charge in [0, 0.05) is 19.3 Å². The third kappa shape index (κ3) is 4.35. The SMILES string of the molecule is CCCCC(CC)Cn1cnc(CNC)c1. The number of nitrogens with zero attached hydrogens (tertiary/aromatic N) is 2. The maximum absolute atomic E-state index is 4.37. The number of imidazole rings is 1. The molecule has 0 aliphatic heterocycles. The Labute approximate surface area is 99.3 Å². The number of hydrogen-bond acceptors (Lipinski definition) is 2. The van der Waals surface area contributed by atoms with Crippen LogP contribution in [0.5, 0.6) is 0 Å². The van der Waals surface area contributed by atoms with E-state index in [1.807, 2.05) is 13.4 Å². The Hall–Kier alpha value is -0.830. The van der Waals surface area contributed by atoms with E-state index >= 15 is 0 Å². The van der Waals surface area contributed by atoms with Crippen LogP contribution >= 0.6 is 0 Å². The van der Waals surface area contributed by atoms with Crippen LogP contribution in [-0.2, 0) is 13.1 Å². The van der Waals surface area contributed by atoms with E-state index in [-0.39, 0.29) is 0 Å². The molecule has 3 heteroatoms. The summed E-state index contributed by atoms with van der Waals surface area (Å²) in [5.74, 6) is 0.802. The predicted molar refractivity (Wildman–Crippen MR) is 68.3 cm³/mol. The molecule has 0 radical (unpaired) electrons. The fourth-order valence-electron chi connectivity index (χ4n) is 1.99. The van der Waals surface area contributed by atoms with Crippen LogP contribution in [0.4, 0.5) is 0 Å². The van der Waals surface area contributed by atoms with E-state index in [9.17, 15) is 0 Å². The first-order valence-corrected chi connectivity index (χ1v) is 6.45. The van der Waals surface area contributed by atoms with Crippen LogP contribution in [-0.4, -0.2) is 16.6 Å². The molecular formula is C13H25N3. The summed E-state index contributed by atoms with van der Waals surface area (Å²) in [7, 11) is 1.95. The van der Waals surface area contributed by atoms with E-state index in [4.69, 9.17) is 0 Å². The smallest absolute Gasteiger partial charge is 0.0950 e. The number of rotatable bonds is 8. The molecule has 0 saturated carbocycles. The quantitative estimate of drug-likeness (QED) is 0.734. The molecule has 0 aliphatic rings. The molecule has 0 bridgehead atoms. The summed E-state index contributed by atoms with van der Waals surface area (Å²) in [6.45, 7) is 6.52. The lowest BCUT2D eigenvalue weighted by Crippen LogP contribution is -2.09.